The Morgan fingerprint density at radius 2 is 2.18 bits per heavy atom. The van der Waals surface area contributed by atoms with E-state index >= 15 is 0 Å². The number of nitrogens with zero attached hydrogens (tertiary/aromatic N) is 1. The highest BCUT2D eigenvalue weighted by molar-refractivity contribution is 5.93. The zero-order valence-electron chi connectivity index (χ0n) is 13.6. The smallest absolute Gasteiger partial charge is 0.248 e. The molecule has 3 nitrogen and oxygen atoms in total. The fourth-order valence-electron chi connectivity index (χ4n) is 4.72. The number of hydrogen-bond donors (Lipinski definition) is 1. The number of carbonyl (C=O) groups excluding carboxylic acids is 1. The van der Waals surface area contributed by atoms with Crippen LogP contribution in [0.15, 0.2) is 18.2 Å². The number of fused-ring (bicyclic) bond motifs is 4. The quantitative estimate of drug-likeness (QED) is 0.932. The van der Waals surface area contributed by atoms with Gasteiger partial charge in [0, 0.05) is 18.2 Å². The topological polar surface area (TPSA) is 46.3 Å². The zero-order chi connectivity index (χ0) is 15.5. The lowest BCUT2D eigenvalue weighted by atomic mass is 9.59. The van der Waals surface area contributed by atoms with Gasteiger partial charge in [0.25, 0.3) is 0 Å². The Labute approximate surface area is 132 Å². The Morgan fingerprint density at radius 1 is 1.41 bits per heavy atom. The molecule has 2 N–H and O–H groups in total. The molecule has 1 aliphatic heterocycles. The molecule has 2 bridgehead atoms. The number of primary amides is 1. The van der Waals surface area contributed by atoms with Crippen LogP contribution in [-0.4, -0.2) is 29.9 Å². The summed E-state index contributed by atoms with van der Waals surface area (Å²) >= 11 is 0. The molecular weight excluding hydrogens is 272 g/mol. The molecule has 1 aromatic carbocycles. The molecule has 2 fully saturated rings. The van der Waals surface area contributed by atoms with Crippen LogP contribution >= 0.6 is 0 Å². The molecule has 1 heterocycles. The van der Waals surface area contributed by atoms with Gasteiger partial charge < -0.3 is 5.73 Å². The number of piperidine rings is 1. The third-order valence-corrected chi connectivity index (χ3v) is 6.60. The molecule has 0 radical (unpaired) electrons. The van der Waals surface area contributed by atoms with Crippen molar-refractivity contribution in [2.75, 3.05) is 13.1 Å². The normalized spacial score (nSPS) is 34.3. The molecular formula is C19H26N2O. The van der Waals surface area contributed by atoms with Gasteiger partial charge in [-0.05, 0) is 72.7 Å². The van der Waals surface area contributed by atoms with Gasteiger partial charge in [-0.2, -0.15) is 0 Å². The summed E-state index contributed by atoms with van der Waals surface area (Å²) in [5.74, 6) is 1.28. The summed E-state index contributed by atoms with van der Waals surface area (Å²) in [5.41, 5.74) is 9.13. The van der Waals surface area contributed by atoms with Gasteiger partial charge in [-0.15, -0.1) is 0 Å². The van der Waals surface area contributed by atoms with Crippen LogP contribution in [0.3, 0.4) is 0 Å². The van der Waals surface area contributed by atoms with E-state index in [1.807, 2.05) is 6.07 Å². The minimum atomic E-state index is -0.313. The first-order chi connectivity index (χ1) is 10.5. The summed E-state index contributed by atoms with van der Waals surface area (Å²) in [6.45, 7) is 7.29. The number of hydrogen-bond acceptors (Lipinski definition) is 2. The van der Waals surface area contributed by atoms with Crippen molar-refractivity contribution in [3.8, 4) is 0 Å². The molecule has 3 atom stereocenters. The average molecular weight is 298 g/mol. The predicted octanol–water partition coefficient (Wildman–Crippen LogP) is 2.72. The monoisotopic (exact) mass is 298 g/mol. The minimum absolute atomic E-state index is 0.184. The highest BCUT2D eigenvalue weighted by atomic mass is 16.1. The maximum absolute atomic E-state index is 11.5. The summed E-state index contributed by atoms with van der Waals surface area (Å²) in [6, 6.07) is 6.78. The molecule has 3 aliphatic rings. The third kappa shape index (κ3) is 2.10. The Balaban J connectivity index is 1.72. The second-order valence-electron chi connectivity index (χ2n) is 7.90. The average Bonchev–Trinajstić information content (AvgIpc) is 3.29. The van der Waals surface area contributed by atoms with Crippen LogP contribution in [0.25, 0.3) is 0 Å². The molecule has 1 amide bonds. The van der Waals surface area contributed by atoms with Crippen LogP contribution in [0.1, 0.15) is 54.6 Å². The third-order valence-electron chi connectivity index (χ3n) is 6.60. The number of carbonyl (C=O) groups is 1. The van der Waals surface area contributed by atoms with E-state index < -0.39 is 0 Å². The fourth-order valence-corrected chi connectivity index (χ4v) is 4.72. The Hall–Kier alpha value is -1.35. The van der Waals surface area contributed by atoms with Gasteiger partial charge in [-0.3, -0.25) is 9.69 Å². The summed E-state index contributed by atoms with van der Waals surface area (Å²) in [4.78, 5) is 14.3. The van der Waals surface area contributed by atoms with Gasteiger partial charge in [-0.25, -0.2) is 0 Å². The van der Waals surface area contributed by atoms with Crippen LogP contribution in [0, 0.1) is 11.8 Å². The SMILES string of the molecule is C[C@H]1[C@H]2Cc3ccc(C(N)=O)cc3[C@@]1(C)CCN2CC1CC1. The van der Waals surface area contributed by atoms with Crippen molar-refractivity contribution in [3.63, 3.8) is 0 Å². The lowest BCUT2D eigenvalue weighted by Gasteiger charge is -2.55. The van der Waals surface area contributed by atoms with E-state index in [-0.39, 0.29) is 11.3 Å². The highest BCUT2D eigenvalue weighted by Crippen LogP contribution is 2.49. The fraction of sp³-hybridized carbons (Fsp3) is 0.632. The highest BCUT2D eigenvalue weighted by Gasteiger charge is 2.49. The Kier molecular flexibility index (Phi) is 3.12. The van der Waals surface area contributed by atoms with Crippen molar-refractivity contribution in [1.82, 2.24) is 4.90 Å². The number of rotatable bonds is 3. The van der Waals surface area contributed by atoms with Crippen LogP contribution in [0.4, 0.5) is 0 Å². The lowest BCUT2D eigenvalue weighted by molar-refractivity contribution is 0.0284. The molecule has 4 rings (SSSR count). The summed E-state index contributed by atoms with van der Waals surface area (Å²) in [5, 5.41) is 0. The van der Waals surface area contributed by atoms with Crippen molar-refractivity contribution in [3.05, 3.63) is 34.9 Å². The van der Waals surface area contributed by atoms with Crippen LogP contribution in [0.2, 0.25) is 0 Å². The lowest BCUT2D eigenvalue weighted by Crippen LogP contribution is -2.58. The van der Waals surface area contributed by atoms with E-state index in [0.717, 1.165) is 12.3 Å². The summed E-state index contributed by atoms with van der Waals surface area (Å²) in [6.07, 6.45) is 5.16. The first-order valence-electron chi connectivity index (χ1n) is 8.66. The Morgan fingerprint density at radius 3 is 2.86 bits per heavy atom. The van der Waals surface area contributed by atoms with Gasteiger partial charge in [-0.1, -0.05) is 19.9 Å². The first-order valence-corrected chi connectivity index (χ1v) is 8.66. The molecule has 22 heavy (non-hydrogen) atoms. The molecule has 118 valence electrons. The number of benzene rings is 1. The summed E-state index contributed by atoms with van der Waals surface area (Å²) < 4.78 is 0. The minimum Gasteiger partial charge on any atom is -0.366 e. The largest absolute Gasteiger partial charge is 0.366 e. The van der Waals surface area contributed by atoms with Gasteiger partial charge in [0.05, 0.1) is 0 Å². The van der Waals surface area contributed by atoms with E-state index in [0.29, 0.717) is 17.5 Å². The molecule has 0 spiro atoms. The van der Waals surface area contributed by atoms with Crippen molar-refractivity contribution in [2.45, 2.75) is 51.0 Å². The van der Waals surface area contributed by atoms with Gasteiger partial charge in [0.15, 0.2) is 0 Å². The second kappa shape index (κ2) is 4.82. The van der Waals surface area contributed by atoms with Crippen LogP contribution in [-0.2, 0) is 11.8 Å². The first kappa shape index (κ1) is 14.3. The van der Waals surface area contributed by atoms with E-state index in [4.69, 9.17) is 5.73 Å². The molecule has 0 aromatic heterocycles. The van der Waals surface area contributed by atoms with E-state index in [2.05, 4.69) is 30.9 Å². The van der Waals surface area contributed by atoms with Crippen LogP contribution in [0.5, 0.6) is 0 Å². The molecule has 2 aliphatic carbocycles. The molecule has 1 saturated carbocycles. The van der Waals surface area contributed by atoms with Crippen molar-refractivity contribution < 1.29 is 4.79 Å². The maximum atomic E-state index is 11.5. The number of nitrogens with two attached hydrogens (primary N) is 1. The van der Waals surface area contributed by atoms with E-state index in [1.165, 1.54) is 43.5 Å². The van der Waals surface area contributed by atoms with E-state index in [1.54, 1.807) is 0 Å². The standard InChI is InChI=1S/C19H26N2O/c1-12-17-10-14-5-6-15(18(20)22)9-16(14)19(12,2)7-8-21(17)11-13-3-4-13/h5-6,9,12-13,17H,3-4,7-8,10-11H2,1-2H3,(H2,20,22)/t12-,17+,19-/m0/s1. The van der Waals surface area contributed by atoms with Crippen molar-refractivity contribution >= 4 is 5.91 Å². The molecule has 0 unspecified atom stereocenters. The maximum Gasteiger partial charge on any atom is 0.248 e. The molecule has 1 saturated heterocycles. The Bertz CT molecular complexity index is 622. The van der Waals surface area contributed by atoms with Crippen molar-refractivity contribution in [2.24, 2.45) is 17.6 Å². The molecule has 3 heteroatoms. The van der Waals surface area contributed by atoms with Crippen LogP contribution < -0.4 is 5.73 Å². The van der Waals surface area contributed by atoms with Crippen molar-refractivity contribution in [1.29, 1.82) is 0 Å². The van der Waals surface area contributed by atoms with Gasteiger partial charge >= 0.3 is 0 Å². The van der Waals surface area contributed by atoms with Gasteiger partial charge in [0.1, 0.15) is 0 Å². The predicted molar refractivity (Wildman–Crippen MR) is 87.9 cm³/mol. The zero-order valence-corrected chi connectivity index (χ0v) is 13.6. The summed E-state index contributed by atoms with van der Waals surface area (Å²) in [7, 11) is 0. The number of likely N-dealkylation sites (tertiary alicyclic amines) is 1. The second-order valence-corrected chi connectivity index (χ2v) is 7.90. The molecule has 1 aromatic rings. The van der Waals surface area contributed by atoms with Gasteiger partial charge in [0.2, 0.25) is 5.91 Å². The van der Waals surface area contributed by atoms with E-state index in [9.17, 15) is 4.79 Å². The number of amides is 1.